The number of rotatable bonds is 1. The van der Waals surface area contributed by atoms with Gasteiger partial charge in [0, 0.05) is 41.5 Å². The van der Waals surface area contributed by atoms with E-state index in [-0.39, 0.29) is 18.0 Å². The average Bonchev–Trinajstić information content (AvgIpc) is 2.96. The van der Waals surface area contributed by atoms with Crippen molar-refractivity contribution in [2.75, 3.05) is 5.73 Å². The SMILES string of the molecule is Cc1[nH]c2ncccc2c1C(=O)N1C2CCCC1c1cnc(N)nc1C2. The molecule has 2 atom stereocenters. The van der Waals surface area contributed by atoms with Crippen LogP contribution in [0.2, 0.25) is 0 Å². The third kappa shape index (κ3) is 2.13. The van der Waals surface area contributed by atoms with Gasteiger partial charge in [-0.15, -0.1) is 0 Å². The van der Waals surface area contributed by atoms with Crippen molar-refractivity contribution < 1.29 is 4.79 Å². The summed E-state index contributed by atoms with van der Waals surface area (Å²) >= 11 is 0. The van der Waals surface area contributed by atoms with Crippen molar-refractivity contribution in [3.63, 3.8) is 0 Å². The van der Waals surface area contributed by atoms with Crippen LogP contribution >= 0.6 is 0 Å². The Morgan fingerprint density at radius 1 is 1.35 bits per heavy atom. The summed E-state index contributed by atoms with van der Waals surface area (Å²) in [4.78, 5) is 31.8. The lowest BCUT2D eigenvalue weighted by Crippen LogP contribution is -2.50. The van der Waals surface area contributed by atoms with Crippen LogP contribution in [0.15, 0.2) is 24.5 Å². The minimum atomic E-state index is 0.0200. The van der Waals surface area contributed by atoms with Gasteiger partial charge in [-0.05, 0) is 38.3 Å². The molecule has 7 heteroatoms. The quantitative estimate of drug-likeness (QED) is 0.704. The molecule has 7 nitrogen and oxygen atoms in total. The predicted octanol–water partition coefficient (Wildman–Crippen LogP) is 2.54. The van der Waals surface area contributed by atoms with Gasteiger partial charge in [0.15, 0.2) is 0 Å². The van der Waals surface area contributed by atoms with Gasteiger partial charge in [0.05, 0.1) is 17.3 Å². The number of aryl methyl sites for hydroxylation is 1. The van der Waals surface area contributed by atoms with E-state index in [4.69, 9.17) is 5.73 Å². The van der Waals surface area contributed by atoms with Crippen LogP contribution in [0.4, 0.5) is 5.95 Å². The number of fused-ring (bicyclic) bond motifs is 5. The molecule has 0 saturated carbocycles. The molecule has 26 heavy (non-hydrogen) atoms. The van der Waals surface area contributed by atoms with Crippen LogP contribution in [0.5, 0.6) is 0 Å². The normalized spacial score (nSPS) is 21.7. The molecule has 0 aromatic carbocycles. The number of hydrogen-bond donors (Lipinski definition) is 2. The van der Waals surface area contributed by atoms with Crippen molar-refractivity contribution in [1.82, 2.24) is 24.8 Å². The van der Waals surface area contributed by atoms with Crippen molar-refractivity contribution in [3.05, 3.63) is 47.0 Å². The zero-order valence-electron chi connectivity index (χ0n) is 14.6. The number of nitrogens with one attached hydrogen (secondary N) is 1. The van der Waals surface area contributed by atoms with Gasteiger partial charge in [-0.1, -0.05) is 0 Å². The zero-order valence-corrected chi connectivity index (χ0v) is 14.6. The summed E-state index contributed by atoms with van der Waals surface area (Å²) < 4.78 is 0. The number of H-pyrrole nitrogens is 1. The number of nitrogens with zero attached hydrogens (tertiary/aromatic N) is 4. The molecule has 2 bridgehead atoms. The molecule has 1 amide bonds. The van der Waals surface area contributed by atoms with E-state index in [1.165, 1.54) is 0 Å². The monoisotopic (exact) mass is 348 g/mol. The molecular formula is C19H20N6O. The minimum absolute atomic E-state index is 0.0200. The van der Waals surface area contributed by atoms with Crippen LogP contribution in [0.25, 0.3) is 11.0 Å². The molecule has 3 aromatic heterocycles. The maximum Gasteiger partial charge on any atom is 0.257 e. The molecule has 3 N–H and O–H groups in total. The van der Waals surface area contributed by atoms with E-state index >= 15 is 0 Å². The van der Waals surface area contributed by atoms with E-state index < -0.39 is 0 Å². The molecule has 132 valence electrons. The van der Waals surface area contributed by atoms with Gasteiger partial charge in [-0.25, -0.2) is 15.0 Å². The predicted molar refractivity (Wildman–Crippen MR) is 97.5 cm³/mol. The molecule has 1 fully saturated rings. The molecule has 2 unspecified atom stereocenters. The van der Waals surface area contributed by atoms with Crippen LogP contribution in [0.3, 0.4) is 0 Å². The van der Waals surface area contributed by atoms with Crippen molar-refractivity contribution in [1.29, 1.82) is 0 Å². The number of nitrogen functional groups attached to an aromatic ring is 1. The number of carbonyl (C=O) groups is 1. The van der Waals surface area contributed by atoms with Gasteiger partial charge in [-0.3, -0.25) is 4.79 Å². The minimum Gasteiger partial charge on any atom is -0.368 e. The average molecular weight is 348 g/mol. The van der Waals surface area contributed by atoms with Crippen LogP contribution in [0, 0.1) is 6.92 Å². The first-order valence-electron chi connectivity index (χ1n) is 9.00. The van der Waals surface area contributed by atoms with Crippen LogP contribution in [0.1, 0.15) is 52.6 Å². The summed E-state index contributed by atoms with van der Waals surface area (Å²) in [5.41, 5.74) is 10.2. The molecule has 5 rings (SSSR count). The highest BCUT2D eigenvalue weighted by atomic mass is 16.2. The number of aromatic amines is 1. The zero-order chi connectivity index (χ0) is 17.8. The van der Waals surface area contributed by atoms with Crippen molar-refractivity contribution in [2.45, 2.75) is 44.7 Å². The van der Waals surface area contributed by atoms with Gasteiger partial charge in [-0.2, -0.15) is 0 Å². The lowest BCUT2D eigenvalue weighted by Gasteiger charge is -2.46. The highest BCUT2D eigenvalue weighted by Gasteiger charge is 2.42. The van der Waals surface area contributed by atoms with E-state index in [0.29, 0.717) is 5.95 Å². The molecule has 0 spiro atoms. The number of amides is 1. The largest absolute Gasteiger partial charge is 0.368 e. The molecule has 1 saturated heterocycles. The van der Waals surface area contributed by atoms with E-state index in [9.17, 15) is 4.79 Å². The fourth-order valence-corrected chi connectivity index (χ4v) is 4.55. The highest BCUT2D eigenvalue weighted by molar-refractivity contribution is 6.07. The maximum absolute atomic E-state index is 13.6. The number of piperidine rings is 1. The van der Waals surface area contributed by atoms with Gasteiger partial charge >= 0.3 is 0 Å². The van der Waals surface area contributed by atoms with Gasteiger partial charge < -0.3 is 15.6 Å². The molecule has 3 aromatic rings. The van der Waals surface area contributed by atoms with E-state index in [2.05, 4.69) is 19.9 Å². The van der Waals surface area contributed by atoms with E-state index in [1.54, 1.807) is 12.4 Å². The third-order valence-corrected chi connectivity index (χ3v) is 5.66. The molecule has 0 radical (unpaired) electrons. The Morgan fingerprint density at radius 2 is 2.23 bits per heavy atom. The van der Waals surface area contributed by atoms with Crippen LogP contribution in [-0.4, -0.2) is 36.8 Å². The summed E-state index contributed by atoms with van der Waals surface area (Å²) in [5.74, 6) is 0.374. The van der Waals surface area contributed by atoms with E-state index in [1.807, 2.05) is 24.0 Å². The summed E-state index contributed by atoms with van der Waals surface area (Å²) in [6, 6.07) is 4.00. The summed E-state index contributed by atoms with van der Waals surface area (Å²) in [6.45, 7) is 1.94. The van der Waals surface area contributed by atoms with Crippen LogP contribution < -0.4 is 5.73 Å². The van der Waals surface area contributed by atoms with E-state index in [0.717, 1.165) is 59.2 Å². The standard InChI is InChI=1S/C19H20N6O/c1-10-16(12-5-3-7-21-17(12)23-10)18(26)25-11-4-2-6-15(25)13-9-22-19(20)24-14(13)8-11/h3,5,7,9,11,15H,2,4,6,8H2,1H3,(H,21,23)(H2,20,22,24). The third-order valence-electron chi connectivity index (χ3n) is 5.66. The summed E-state index contributed by atoms with van der Waals surface area (Å²) in [5, 5.41) is 0.882. The maximum atomic E-state index is 13.6. The number of aromatic nitrogens is 4. The number of hydrogen-bond acceptors (Lipinski definition) is 5. The topological polar surface area (TPSA) is 101 Å². The number of carbonyl (C=O) groups excluding carboxylic acids is 1. The molecule has 0 aliphatic carbocycles. The lowest BCUT2D eigenvalue weighted by atomic mass is 9.82. The second-order valence-corrected chi connectivity index (χ2v) is 7.17. The highest BCUT2D eigenvalue weighted by Crippen LogP contribution is 2.42. The first-order valence-corrected chi connectivity index (χ1v) is 9.00. The Labute approximate surface area is 150 Å². The second kappa shape index (κ2) is 5.52. The Bertz CT molecular complexity index is 1030. The smallest absolute Gasteiger partial charge is 0.257 e. The molecule has 5 heterocycles. The van der Waals surface area contributed by atoms with Crippen molar-refractivity contribution in [3.8, 4) is 0 Å². The van der Waals surface area contributed by atoms with Crippen LogP contribution in [-0.2, 0) is 6.42 Å². The Balaban J connectivity index is 1.62. The first-order chi connectivity index (χ1) is 12.6. The van der Waals surface area contributed by atoms with Gasteiger partial charge in [0.1, 0.15) is 5.65 Å². The molecule has 2 aliphatic heterocycles. The second-order valence-electron chi connectivity index (χ2n) is 7.17. The fraction of sp³-hybridized carbons (Fsp3) is 0.368. The number of nitrogens with two attached hydrogens (primary N) is 1. The van der Waals surface area contributed by atoms with Gasteiger partial charge in [0.2, 0.25) is 5.95 Å². The molecule has 2 aliphatic rings. The fourth-order valence-electron chi connectivity index (χ4n) is 4.55. The summed E-state index contributed by atoms with van der Waals surface area (Å²) in [6.07, 6.45) is 7.31. The van der Waals surface area contributed by atoms with Gasteiger partial charge in [0.25, 0.3) is 5.91 Å². The first kappa shape index (κ1) is 15.3. The summed E-state index contributed by atoms with van der Waals surface area (Å²) in [7, 11) is 0. The Morgan fingerprint density at radius 3 is 3.12 bits per heavy atom. The van der Waals surface area contributed by atoms with Crippen molar-refractivity contribution >= 4 is 22.9 Å². The molecular weight excluding hydrogens is 328 g/mol. The Kier molecular flexibility index (Phi) is 3.25. The Hall–Kier alpha value is -2.96. The van der Waals surface area contributed by atoms with Crippen molar-refractivity contribution in [2.24, 2.45) is 0 Å². The lowest BCUT2D eigenvalue weighted by molar-refractivity contribution is 0.0396. The number of anilines is 1. The number of pyridine rings is 1.